The van der Waals surface area contributed by atoms with E-state index in [-0.39, 0.29) is 10.6 Å². The summed E-state index contributed by atoms with van der Waals surface area (Å²) in [4.78, 5) is 4.36. The first-order valence-corrected chi connectivity index (χ1v) is 8.02. The molecule has 2 aromatic carbocycles. The number of sulfone groups is 1. The van der Waals surface area contributed by atoms with Gasteiger partial charge in [-0.3, -0.25) is 4.98 Å². The highest BCUT2D eigenvalue weighted by molar-refractivity contribution is 7.90. The van der Waals surface area contributed by atoms with Crippen LogP contribution in [0.1, 0.15) is 5.56 Å². The Morgan fingerprint density at radius 1 is 0.952 bits per heavy atom. The van der Waals surface area contributed by atoms with Crippen LogP contribution in [0.3, 0.4) is 0 Å². The lowest BCUT2D eigenvalue weighted by Gasteiger charge is -2.07. The van der Waals surface area contributed by atoms with Crippen molar-refractivity contribution in [3.05, 3.63) is 72.2 Å². The molecular formula is C16H12FNO2S. The van der Waals surface area contributed by atoms with E-state index in [9.17, 15) is 12.8 Å². The van der Waals surface area contributed by atoms with E-state index in [2.05, 4.69) is 4.98 Å². The van der Waals surface area contributed by atoms with Crippen molar-refractivity contribution >= 4 is 20.7 Å². The second kappa shape index (κ2) is 5.26. The summed E-state index contributed by atoms with van der Waals surface area (Å²) in [6, 6.07) is 14.0. The summed E-state index contributed by atoms with van der Waals surface area (Å²) >= 11 is 0. The second-order valence-electron chi connectivity index (χ2n) is 4.71. The molecule has 0 bridgehead atoms. The summed E-state index contributed by atoms with van der Waals surface area (Å²) in [6.45, 7) is 0. The van der Waals surface area contributed by atoms with E-state index < -0.39 is 15.7 Å². The number of benzene rings is 2. The molecule has 106 valence electrons. The summed E-state index contributed by atoms with van der Waals surface area (Å²) < 4.78 is 37.7. The van der Waals surface area contributed by atoms with Gasteiger partial charge >= 0.3 is 0 Å². The Morgan fingerprint density at radius 3 is 2.43 bits per heavy atom. The van der Waals surface area contributed by atoms with Crippen LogP contribution in [0, 0.1) is 5.82 Å². The Kier molecular flexibility index (Phi) is 3.43. The van der Waals surface area contributed by atoms with Gasteiger partial charge in [0.25, 0.3) is 0 Å². The van der Waals surface area contributed by atoms with Crippen molar-refractivity contribution in [2.75, 3.05) is 0 Å². The molecule has 0 amide bonds. The topological polar surface area (TPSA) is 47.0 Å². The van der Waals surface area contributed by atoms with Crippen LogP contribution in [0.4, 0.5) is 4.39 Å². The Morgan fingerprint density at radius 2 is 1.67 bits per heavy atom. The first-order chi connectivity index (χ1) is 10.1. The van der Waals surface area contributed by atoms with Gasteiger partial charge in [-0.15, -0.1) is 0 Å². The largest absolute Gasteiger partial charge is 0.256 e. The van der Waals surface area contributed by atoms with E-state index in [1.807, 2.05) is 12.1 Å². The number of hydrogen-bond acceptors (Lipinski definition) is 3. The molecule has 0 aliphatic heterocycles. The van der Waals surface area contributed by atoms with Crippen LogP contribution in [0.5, 0.6) is 0 Å². The van der Waals surface area contributed by atoms with E-state index in [1.165, 1.54) is 12.1 Å². The first-order valence-electron chi connectivity index (χ1n) is 6.37. The molecule has 3 aromatic rings. The SMILES string of the molecule is O=S(=O)(Cc1cccc2cccnc12)c1ccc(F)cc1. The molecule has 0 spiro atoms. The predicted molar refractivity (Wildman–Crippen MR) is 79.0 cm³/mol. The summed E-state index contributed by atoms with van der Waals surface area (Å²) in [6.07, 6.45) is 1.64. The van der Waals surface area contributed by atoms with Gasteiger partial charge in [0.05, 0.1) is 16.2 Å². The number of para-hydroxylation sites is 1. The summed E-state index contributed by atoms with van der Waals surface area (Å²) in [5.74, 6) is -0.617. The van der Waals surface area contributed by atoms with E-state index in [0.717, 1.165) is 17.5 Å². The average molecular weight is 301 g/mol. The number of hydrogen-bond donors (Lipinski definition) is 0. The van der Waals surface area contributed by atoms with Crippen LogP contribution >= 0.6 is 0 Å². The quantitative estimate of drug-likeness (QED) is 0.697. The molecule has 1 heterocycles. The van der Waals surface area contributed by atoms with Crippen molar-refractivity contribution < 1.29 is 12.8 Å². The maximum absolute atomic E-state index is 12.9. The third kappa shape index (κ3) is 2.78. The molecule has 0 radical (unpaired) electrons. The van der Waals surface area contributed by atoms with Crippen molar-refractivity contribution in [3.63, 3.8) is 0 Å². The Balaban J connectivity index is 2.03. The zero-order chi connectivity index (χ0) is 14.9. The van der Waals surface area contributed by atoms with Gasteiger partial charge in [-0.2, -0.15) is 0 Å². The number of fused-ring (bicyclic) bond motifs is 1. The van der Waals surface area contributed by atoms with E-state index in [0.29, 0.717) is 11.1 Å². The first kappa shape index (κ1) is 13.7. The van der Waals surface area contributed by atoms with Gasteiger partial charge in [0.2, 0.25) is 0 Å². The molecule has 0 aliphatic rings. The van der Waals surface area contributed by atoms with Crippen molar-refractivity contribution in [1.82, 2.24) is 4.98 Å². The van der Waals surface area contributed by atoms with Crippen molar-refractivity contribution in [2.24, 2.45) is 0 Å². The molecule has 21 heavy (non-hydrogen) atoms. The smallest absolute Gasteiger partial charge is 0.182 e. The molecule has 0 atom stereocenters. The minimum Gasteiger partial charge on any atom is -0.256 e. The highest BCUT2D eigenvalue weighted by Crippen LogP contribution is 2.22. The number of pyridine rings is 1. The Labute approximate surface area is 122 Å². The minimum absolute atomic E-state index is 0.108. The van der Waals surface area contributed by atoms with Gasteiger partial charge in [0, 0.05) is 11.6 Å². The number of halogens is 1. The zero-order valence-electron chi connectivity index (χ0n) is 11.0. The molecule has 3 rings (SSSR count). The average Bonchev–Trinajstić information content (AvgIpc) is 2.48. The maximum Gasteiger partial charge on any atom is 0.182 e. The van der Waals surface area contributed by atoms with Crippen molar-refractivity contribution in [2.45, 2.75) is 10.6 Å². The lowest BCUT2D eigenvalue weighted by Crippen LogP contribution is -2.05. The van der Waals surface area contributed by atoms with Gasteiger partial charge in [-0.05, 0) is 35.9 Å². The third-order valence-electron chi connectivity index (χ3n) is 3.23. The third-order valence-corrected chi connectivity index (χ3v) is 4.92. The molecular weight excluding hydrogens is 289 g/mol. The van der Waals surface area contributed by atoms with Crippen LogP contribution in [0.15, 0.2) is 65.7 Å². The molecule has 0 fully saturated rings. The molecule has 3 nitrogen and oxygen atoms in total. The molecule has 0 aliphatic carbocycles. The zero-order valence-corrected chi connectivity index (χ0v) is 11.8. The molecule has 0 saturated carbocycles. The van der Waals surface area contributed by atoms with Gasteiger partial charge in [-0.1, -0.05) is 24.3 Å². The molecule has 0 saturated heterocycles. The standard InChI is InChI=1S/C16H12FNO2S/c17-14-6-8-15(9-7-14)21(19,20)11-13-4-1-3-12-5-2-10-18-16(12)13/h1-10H,11H2. The fraction of sp³-hybridized carbons (Fsp3) is 0.0625. The van der Waals surface area contributed by atoms with Gasteiger partial charge in [0.1, 0.15) is 5.82 Å². The fourth-order valence-electron chi connectivity index (χ4n) is 2.21. The van der Waals surface area contributed by atoms with Crippen LogP contribution in [0.25, 0.3) is 10.9 Å². The molecule has 1 aromatic heterocycles. The normalized spacial score (nSPS) is 11.7. The molecule has 5 heteroatoms. The Hall–Kier alpha value is -2.27. The van der Waals surface area contributed by atoms with Crippen LogP contribution in [-0.4, -0.2) is 13.4 Å². The molecule has 0 unspecified atom stereocenters. The minimum atomic E-state index is -3.53. The number of nitrogens with zero attached hydrogens (tertiary/aromatic N) is 1. The number of rotatable bonds is 3. The maximum atomic E-state index is 12.9. The number of aromatic nitrogens is 1. The summed E-state index contributed by atoms with van der Waals surface area (Å²) in [5.41, 5.74) is 1.31. The van der Waals surface area contributed by atoms with Crippen molar-refractivity contribution in [1.29, 1.82) is 0 Å². The van der Waals surface area contributed by atoms with E-state index >= 15 is 0 Å². The van der Waals surface area contributed by atoms with Gasteiger partial charge in [-0.25, -0.2) is 12.8 Å². The van der Waals surface area contributed by atoms with Crippen LogP contribution in [0.2, 0.25) is 0 Å². The lowest BCUT2D eigenvalue weighted by molar-refractivity contribution is 0.594. The molecule has 0 N–H and O–H groups in total. The highest BCUT2D eigenvalue weighted by atomic mass is 32.2. The summed E-state index contributed by atoms with van der Waals surface area (Å²) in [5, 5.41) is 0.893. The fourth-order valence-corrected chi connectivity index (χ4v) is 3.57. The van der Waals surface area contributed by atoms with Crippen LogP contribution in [-0.2, 0) is 15.6 Å². The van der Waals surface area contributed by atoms with E-state index in [4.69, 9.17) is 0 Å². The van der Waals surface area contributed by atoms with Gasteiger partial charge < -0.3 is 0 Å². The van der Waals surface area contributed by atoms with Gasteiger partial charge in [0.15, 0.2) is 9.84 Å². The Bertz CT molecular complexity index is 884. The summed E-state index contributed by atoms with van der Waals surface area (Å²) in [7, 11) is -3.53. The van der Waals surface area contributed by atoms with E-state index in [1.54, 1.807) is 24.4 Å². The van der Waals surface area contributed by atoms with Crippen LogP contribution < -0.4 is 0 Å². The lowest BCUT2D eigenvalue weighted by atomic mass is 10.1. The second-order valence-corrected chi connectivity index (χ2v) is 6.69. The monoisotopic (exact) mass is 301 g/mol. The van der Waals surface area contributed by atoms with Crippen molar-refractivity contribution in [3.8, 4) is 0 Å². The predicted octanol–water partition coefficient (Wildman–Crippen LogP) is 3.35. The highest BCUT2D eigenvalue weighted by Gasteiger charge is 2.17.